The number of anilines is 1. The van der Waals surface area contributed by atoms with Crippen LogP contribution in [0.3, 0.4) is 0 Å². The number of hydrogen-bond donors (Lipinski definition) is 0. The first kappa shape index (κ1) is 20.6. The van der Waals surface area contributed by atoms with Crippen LogP contribution in [0, 0.1) is 0 Å². The van der Waals surface area contributed by atoms with Crippen LogP contribution in [0.5, 0.6) is 0 Å². The Bertz CT molecular complexity index is 926. The number of ether oxygens (including phenoxy) is 1. The maximum absolute atomic E-state index is 12.7. The summed E-state index contributed by atoms with van der Waals surface area (Å²) >= 11 is 6.19. The minimum absolute atomic E-state index is 0.0885. The Hall–Kier alpha value is -2.16. The number of pyridine rings is 1. The minimum Gasteiger partial charge on any atom is -0.384 e. The third kappa shape index (κ3) is 4.63. The Kier molecular flexibility index (Phi) is 6.53. The Morgan fingerprint density at radius 2 is 1.82 bits per heavy atom. The summed E-state index contributed by atoms with van der Waals surface area (Å²) in [5, 5.41) is 0.590. The van der Waals surface area contributed by atoms with Crippen molar-refractivity contribution in [1.82, 2.24) is 9.88 Å². The van der Waals surface area contributed by atoms with E-state index >= 15 is 0 Å². The van der Waals surface area contributed by atoms with Crippen molar-refractivity contribution in [2.24, 2.45) is 0 Å². The van der Waals surface area contributed by atoms with Gasteiger partial charge in [0, 0.05) is 45.0 Å². The van der Waals surface area contributed by atoms with Crippen LogP contribution in [0.1, 0.15) is 10.4 Å². The number of carbonyl (C=O) groups excluding carboxylic acids is 1. The van der Waals surface area contributed by atoms with Gasteiger partial charge in [0.15, 0.2) is 9.84 Å². The standard InChI is InChI=1S/C19H22ClN3O4S/c1-27-13-14-28(25,26)16-6-4-15(5-7-16)19(24)23-11-9-22(10-12-23)18-17(20)3-2-8-21-18/h2-8H,9-14H2,1H3. The number of nitrogens with zero attached hydrogens (tertiary/aromatic N) is 3. The Balaban J connectivity index is 1.63. The van der Waals surface area contributed by atoms with Gasteiger partial charge in [-0.05, 0) is 36.4 Å². The number of piperazine rings is 1. The van der Waals surface area contributed by atoms with Gasteiger partial charge in [-0.3, -0.25) is 4.79 Å². The van der Waals surface area contributed by atoms with E-state index in [0.717, 1.165) is 5.82 Å². The van der Waals surface area contributed by atoms with E-state index in [4.69, 9.17) is 16.3 Å². The molecule has 150 valence electrons. The second-order valence-electron chi connectivity index (χ2n) is 6.42. The Labute approximate surface area is 169 Å². The molecule has 1 aliphatic heterocycles. The first-order valence-corrected chi connectivity index (χ1v) is 10.9. The van der Waals surface area contributed by atoms with E-state index in [9.17, 15) is 13.2 Å². The third-order valence-corrected chi connectivity index (χ3v) is 6.61. The molecule has 0 bridgehead atoms. The summed E-state index contributed by atoms with van der Waals surface area (Å²) in [6.45, 7) is 2.48. The Morgan fingerprint density at radius 1 is 1.14 bits per heavy atom. The molecule has 1 amide bonds. The van der Waals surface area contributed by atoms with E-state index in [0.29, 0.717) is 36.8 Å². The van der Waals surface area contributed by atoms with Gasteiger partial charge in [-0.25, -0.2) is 13.4 Å². The van der Waals surface area contributed by atoms with E-state index in [1.54, 1.807) is 35.4 Å². The second-order valence-corrected chi connectivity index (χ2v) is 8.94. The summed E-state index contributed by atoms with van der Waals surface area (Å²) in [6, 6.07) is 9.65. The number of methoxy groups -OCH3 is 1. The van der Waals surface area contributed by atoms with Gasteiger partial charge >= 0.3 is 0 Å². The van der Waals surface area contributed by atoms with E-state index in [2.05, 4.69) is 9.88 Å². The second kappa shape index (κ2) is 8.89. The summed E-state index contributed by atoms with van der Waals surface area (Å²) in [7, 11) is -1.95. The summed E-state index contributed by atoms with van der Waals surface area (Å²) in [5.74, 6) is 0.518. The topological polar surface area (TPSA) is 79.8 Å². The maximum atomic E-state index is 12.7. The zero-order valence-corrected chi connectivity index (χ0v) is 17.1. The molecule has 9 heteroatoms. The molecule has 2 aromatic rings. The van der Waals surface area contributed by atoms with Crippen LogP contribution in [0.4, 0.5) is 5.82 Å². The molecule has 0 saturated carbocycles. The summed E-state index contributed by atoms with van der Waals surface area (Å²) in [5.41, 5.74) is 0.468. The summed E-state index contributed by atoms with van der Waals surface area (Å²) in [4.78, 5) is 21.0. The number of benzene rings is 1. The highest BCUT2D eigenvalue weighted by atomic mass is 35.5. The van der Waals surface area contributed by atoms with E-state index in [-0.39, 0.29) is 23.2 Å². The highest BCUT2D eigenvalue weighted by Gasteiger charge is 2.24. The molecule has 0 unspecified atom stereocenters. The van der Waals surface area contributed by atoms with Crippen molar-refractivity contribution >= 4 is 33.2 Å². The van der Waals surface area contributed by atoms with E-state index in [1.807, 2.05) is 0 Å². The third-order valence-electron chi connectivity index (χ3n) is 4.62. The van der Waals surface area contributed by atoms with E-state index in [1.165, 1.54) is 19.2 Å². The van der Waals surface area contributed by atoms with Crippen LogP contribution >= 0.6 is 11.6 Å². The van der Waals surface area contributed by atoms with Crippen LogP contribution in [-0.2, 0) is 14.6 Å². The lowest BCUT2D eigenvalue weighted by atomic mass is 10.2. The molecule has 1 saturated heterocycles. The largest absolute Gasteiger partial charge is 0.384 e. The first-order chi connectivity index (χ1) is 13.4. The molecule has 1 fully saturated rings. The number of aromatic nitrogens is 1. The van der Waals surface area contributed by atoms with Crippen molar-refractivity contribution in [3.63, 3.8) is 0 Å². The smallest absolute Gasteiger partial charge is 0.253 e. The lowest BCUT2D eigenvalue weighted by Gasteiger charge is -2.35. The van der Waals surface area contributed by atoms with Crippen molar-refractivity contribution in [2.45, 2.75) is 4.90 Å². The molecule has 3 rings (SSSR count). The van der Waals surface area contributed by atoms with Crippen LogP contribution in [0.15, 0.2) is 47.5 Å². The molecule has 0 spiro atoms. The highest BCUT2D eigenvalue weighted by Crippen LogP contribution is 2.24. The number of halogens is 1. The van der Waals surface area contributed by atoms with Crippen molar-refractivity contribution in [3.8, 4) is 0 Å². The average Bonchev–Trinajstić information content (AvgIpc) is 2.72. The number of carbonyl (C=O) groups is 1. The van der Waals surface area contributed by atoms with E-state index < -0.39 is 9.84 Å². The predicted octanol–water partition coefficient (Wildman–Crippen LogP) is 2.12. The monoisotopic (exact) mass is 423 g/mol. The molecule has 0 atom stereocenters. The zero-order valence-electron chi connectivity index (χ0n) is 15.5. The molecule has 0 aliphatic carbocycles. The summed E-state index contributed by atoms with van der Waals surface area (Å²) < 4.78 is 29.2. The van der Waals surface area contributed by atoms with Gasteiger partial charge in [-0.15, -0.1) is 0 Å². The normalized spacial score (nSPS) is 14.9. The quantitative estimate of drug-likeness (QED) is 0.708. The lowest BCUT2D eigenvalue weighted by molar-refractivity contribution is 0.0746. The van der Waals surface area contributed by atoms with Gasteiger partial charge in [-0.1, -0.05) is 11.6 Å². The fourth-order valence-corrected chi connectivity index (χ4v) is 4.44. The van der Waals surface area contributed by atoms with Crippen LogP contribution in [-0.4, -0.2) is 69.9 Å². The maximum Gasteiger partial charge on any atom is 0.253 e. The zero-order chi connectivity index (χ0) is 20.1. The number of hydrogen-bond acceptors (Lipinski definition) is 6. The Morgan fingerprint density at radius 3 is 2.43 bits per heavy atom. The average molecular weight is 424 g/mol. The van der Waals surface area contributed by atoms with Crippen molar-refractivity contribution in [2.75, 3.05) is 50.5 Å². The number of rotatable bonds is 6. The fourth-order valence-electron chi connectivity index (χ4n) is 3.03. The molecule has 0 radical (unpaired) electrons. The highest BCUT2D eigenvalue weighted by molar-refractivity contribution is 7.91. The van der Waals surface area contributed by atoms with Gasteiger partial charge in [0.25, 0.3) is 5.91 Å². The predicted molar refractivity (Wildman–Crippen MR) is 108 cm³/mol. The number of amides is 1. The van der Waals surface area contributed by atoms with Crippen molar-refractivity contribution < 1.29 is 17.9 Å². The van der Waals surface area contributed by atoms with Crippen LogP contribution in [0.2, 0.25) is 5.02 Å². The molecule has 0 N–H and O–H groups in total. The molecule has 1 aromatic carbocycles. The van der Waals surface area contributed by atoms with Gasteiger partial charge in [0.1, 0.15) is 5.82 Å². The minimum atomic E-state index is -3.41. The molecule has 7 nitrogen and oxygen atoms in total. The van der Waals surface area contributed by atoms with Gasteiger partial charge in [-0.2, -0.15) is 0 Å². The molecule has 28 heavy (non-hydrogen) atoms. The molecule has 2 heterocycles. The van der Waals surface area contributed by atoms with Gasteiger partial charge < -0.3 is 14.5 Å². The lowest BCUT2D eigenvalue weighted by Crippen LogP contribution is -2.49. The summed E-state index contributed by atoms with van der Waals surface area (Å²) in [6.07, 6.45) is 1.70. The van der Waals surface area contributed by atoms with Gasteiger partial charge in [0.05, 0.1) is 22.3 Å². The van der Waals surface area contributed by atoms with Gasteiger partial charge in [0.2, 0.25) is 0 Å². The SMILES string of the molecule is COCCS(=O)(=O)c1ccc(C(=O)N2CCN(c3ncccc3Cl)CC2)cc1. The molecule has 1 aromatic heterocycles. The molecular weight excluding hydrogens is 402 g/mol. The van der Waals surface area contributed by atoms with Crippen molar-refractivity contribution in [1.29, 1.82) is 0 Å². The van der Waals surface area contributed by atoms with Crippen LogP contribution < -0.4 is 4.90 Å². The molecule has 1 aliphatic rings. The fraction of sp³-hybridized carbons (Fsp3) is 0.368. The number of sulfone groups is 1. The van der Waals surface area contributed by atoms with Crippen LogP contribution in [0.25, 0.3) is 0 Å². The first-order valence-electron chi connectivity index (χ1n) is 8.89. The van der Waals surface area contributed by atoms with Crippen molar-refractivity contribution in [3.05, 3.63) is 53.2 Å². The molecular formula is C19H22ClN3O4S.